The summed E-state index contributed by atoms with van der Waals surface area (Å²) in [6.45, 7) is 0.160. The van der Waals surface area contributed by atoms with E-state index in [9.17, 15) is 19.8 Å². The number of hydrogen-bond donors (Lipinski definition) is 4. The highest BCUT2D eigenvalue weighted by Gasteiger charge is 2.20. The van der Waals surface area contributed by atoms with E-state index in [-0.39, 0.29) is 76.3 Å². The predicted octanol–water partition coefficient (Wildman–Crippen LogP) is 0.134. The fourth-order valence-corrected chi connectivity index (χ4v) is 2.37. The molecule has 10 nitrogen and oxygen atoms in total. The van der Waals surface area contributed by atoms with Gasteiger partial charge in [-0.2, -0.15) is 0 Å². The zero-order valence-electron chi connectivity index (χ0n) is 15.5. The molecule has 1 rings (SSSR count). The van der Waals surface area contributed by atoms with Crippen LogP contribution < -0.4 is 0 Å². The number of rotatable bonds is 16. The van der Waals surface area contributed by atoms with Gasteiger partial charge in [0, 0.05) is 0 Å². The molecule has 0 aliphatic heterocycles. The second-order valence-corrected chi connectivity index (χ2v) is 5.60. The van der Waals surface area contributed by atoms with Crippen molar-refractivity contribution in [3.63, 3.8) is 0 Å². The Morgan fingerprint density at radius 2 is 1.14 bits per heavy atom. The van der Waals surface area contributed by atoms with E-state index in [4.69, 9.17) is 29.2 Å². The molecule has 1 aromatic rings. The fraction of sp³-hybridized carbons (Fsp3) is 0.556. The van der Waals surface area contributed by atoms with Crippen LogP contribution in [0.15, 0.2) is 12.1 Å². The monoisotopic (exact) mass is 402 g/mol. The minimum Gasteiger partial charge on any atom is -0.478 e. The van der Waals surface area contributed by atoms with Crippen molar-refractivity contribution in [3.05, 3.63) is 34.4 Å². The van der Waals surface area contributed by atoms with Crippen LogP contribution in [0.3, 0.4) is 0 Å². The van der Waals surface area contributed by atoms with Gasteiger partial charge in [-0.3, -0.25) is 0 Å². The molecule has 0 spiro atoms. The number of benzene rings is 1. The maximum atomic E-state index is 11.6. The van der Waals surface area contributed by atoms with Gasteiger partial charge in [-0.05, 0) is 36.1 Å². The zero-order valence-corrected chi connectivity index (χ0v) is 15.5. The van der Waals surface area contributed by atoms with E-state index in [0.29, 0.717) is 12.0 Å². The predicted molar refractivity (Wildman–Crippen MR) is 95.5 cm³/mol. The Morgan fingerprint density at radius 1 is 0.714 bits per heavy atom. The molecule has 4 N–H and O–H groups in total. The standard InChI is InChI=1S/C18H26O10/c19-3-7-27-11-25-5-1-13-9-15(17(21)22)14(16(10-13)18(23)24)2-6-26-12-28-8-4-20/h9-10,19-20H,1-8,11-12H2,(H,21,22)(H,23,24). The van der Waals surface area contributed by atoms with E-state index in [1.165, 1.54) is 12.1 Å². The topological polar surface area (TPSA) is 152 Å². The van der Waals surface area contributed by atoms with Gasteiger partial charge in [-0.15, -0.1) is 0 Å². The molecule has 28 heavy (non-hydrogen) atoms. The van der Waals surface area contributed by atoms with Crippen LogP contribution in [0.5, 0.6) is 0 Å². The van der Waals surface area contributed by atoms with Gasteiger partial charge in [-0.25, -0.2) is 9.59 Å². The van der Waals surface area contributed by atoms with Crippen LogP contribution >= 0.6 is 0 Å². The number of ether oxygens (including phenoxy) is 4. The van der Waals surface area contributed by atoms with Crippen LogP contribution in [0.2, 0.25) is 0 Å². The summed E-state index contributed by atoms with van der Waals surface area (Å²) in [4.78, 5) is 23.2. The van der Waals surface area contributed by atoms with Gasteiger partial charge in [0.2, 0.25) is 0 Å². The number of aliphatic hydroxyl groups is 2. The molecule has 0 aliphatic rings. The van der Waals surface area contributed by atoms with Crippen LogP contribution in [0.1, 0.15) is 31.8 Å². The molecule has 1 aromatic carbocycles. The molecular weight excluding hydrogens is 376 g/mol. The highest BCUT2D eigenvalue weighted by Crippen LogP contribution is 2.20. The molecule has 0 heterocycles. The first-order valence-electron chi connectivity index (χ1n) is 8.66. The maximum Gasteiger partial charge on any atom is 0.335 e. The molecule has 0 fully saturated rings. The van der Waals surface area contributed by atoms with Crippen molar-refractivity contribution in [3.8, 4) is 0 Å². The smallest absolute Gasteiger partial charge is 0.335 e. The van der Waals surface area contributed by atoms with Crippen molar-refractivity contribution in [2.75, 3.05) is 53.2 Å². The third-order valence-electron chi connectivity index (χ3n) is 3.61. The number of carbonyl (C=O) groups is 2. The molecule has 0 amide bonds. The van der Waals surface area contributed by atoms with Crippen LogP contribution in [0.4, 0.5) is 0 Å². The van der Waals surface area contributed by atoms with E-state index in [1.807, 2.05) is 0 Å². The third-order valence-corrected chi connectivity index (χ3v) is 3.61. The van der Waals surface area contributed by atoms with Gasteiger partial charge < -0.3 is 39.4 Å². The van der Waals surface area contributed by atoms with Gasteiger partial charge in [-0.1, -0.05) is 0 Å². The largest absolute Gasteiger partial charge is 0.478 e. The summed E-state index contributed by atoms with van der Waals surface area (Å²) < 4.78 is 20.3. The molecule has 0 bridgehead atoms. The number of carboxylic acid groups (broad SMARTS) is 2. The fourth-order valence-electron chi connectivity index (χ4n) is 2.37. The van der Waals surface area contributed by atoms with Crippen LogP contribution in [-0.2, 0) is 31.8 Å². The summed E-state index contributed by atoms with van der Waals surface area (Å²) in [6.07, 6.45) is 0.381. The molecule has 10 heteroatoms. The van der Waals surface area contributed by atoms with E-state index >= 15 is 0 Å². The lowest BCUT2D eigenvalue weighted by atomic mass is 9.94. The number of aliphatic hydroxyl groups excluding tert-OH is 2. The Kier molecular flexibility index (Phi) is 12.0. The van der Waals surface area contributed by atoms with E-state index in [0.717, 1.165) is 0 Å². The van der Waals surface area contributed by atoms with Gasteiger partial charge >= 0.3 is 11.9 Å². The third kappa shape index (κ3) is 8.74. The lowest BCUT2D eigenvalue weighted by molar-refractivity contribution is -0.0615. The number of aromatic carboxylic acids is 2. The average Bonchev–Trinajstić information content (AvgIpc) is 2.67. The summed E-state index contributed by atoms with van der Waals surface area (Å²) in [6, 6.07) is 2.84. The molecule has 0 saturated heterocycles. The number of hydrogen-bond acceptors (Lipinski definition) is 8. The maximum absolute atomic E-state index is 11.6. The van der Waals surface area contributed by atoms with E-state index in [1.54, 1.807) is 0 Å². The van der Waals surface area contributed by atoms with Crippen molar-refractivity contribution in [2.45, 2.75) is 12.8 Å². The van der Waals surface area contributed by atoms with Gasteiger partial charge in [0.15, 0.2) is 0 Å². The van der Waals surface area contributed by atoms with Gasteiger partial charge in [0.05, 0.1) is 50.8 Å². The highest BCUT2D eigenvalue weighted by atomic mass is 16.7. The van der Waals surface area contributed by atoms with E-state index < -0.39 is 11.9 Å². The second kappa shape index (κ2) is 14.0. The summed E-state index contributed by atoms with van der Waals surface area (Å²) in [5.74, 6) is -2.47. The highest BCUT2D eigenvalue weighted by molar-refractivity contribution is 5.97. The average molecular weight is 402 g/mol. The first-order chi connectivity index (χ1) is 13.5. The molecule has 0 unspecified atom stereocenters. The molecule has 158 valence electrons. The Balaban J connectivity index is 2.78. The molecular formula is C18H26O10. The SMILES string of the molecule is O=C(O)c1cc(CCOCOCCO)cc(C(=O)O)c1CCOCOCCO. The van der Waals surface area contributed by atoms with Gasteiger partial charge in [0.25, 0.3) is 0 Å². The van der Waals surface area contributed by atoms with Crippen LogP contribution in [0.25, 0.3) is 0 Å². The van der Waals surface area contributed by atoms with Crippen LogP contribution in [-0.4, -0.2) is 85.6 Å². The molecule has 0 radical (unpaired) electrons. The molecule has 0 saturated carbocycles. The molecule has 0 atom stereocenters. The van der Waals surface area contributed by atoms with E-state index in [2.05, 4.69) is 0 Å². The van der Waals surface area contributed by atoms with Gasteiger partial charge in [0.1, 0.15) is 13.6 Å². The van der Waals surface area contributed by atoms with Crippen molar-refractivity contribution in [2.24, 2.45) is 0 Å². The van der Waals surface area contributed by atoms with Crippen molar-refractivity contribution in [1.82, 2.24) is 0 Å². The van der Waals surface area contributed by atoms with Crippen molar-refractivity contribution >= 4 is 11.9 Å². The second-order valence-electron chi connectivity index (χ2n) is 5.60. The molecule has 0 aromatic heterocycles. The number of carboxylic acids is 2. The Bertz CT molecular complexity index is 581. The Morgan fingerprint density at radius 3 is 1.57 bits per heavy atom. The lowest BCUT2D eigenvalue weighted by Crippen LogP contribution is -2.15. The minimum atomic E-state index is -1.23. The summed E-state index contributed by atoms with van der Waals surface area (Å²) in [5.41, 5.74) is 0.462. The lowest BCUT2D eigenvalue weighted by Gasteiger charge is -2.13. The van der Waals surface area contributed by atoms with Crippen LogP contribution in [0, 0.1) is 0 Å². The summed E-state index contributed by atoms with van der Waals surface area (Å²) in [5, 5.41) is 36.1. The Labute approximate surface area is 162 Å². The summed E-state index contributed by atoms with van der Waals surface area (Å²) in [7, 11) is 0. The molecule has 0 aliphatic carbocycles. The Hall–Kier alpha value is -2.08. The summed E-state index contributed by atoms with van der Waals surface area (Å²) >= 11 is 0. The van der Waals surface area contributed by atoms with Crippen molar-refractivity contribution < 1.29 is 49.0 Å². The minimum absolute atomic E-state index is 0.0219. The first-order valence-corrected chi connectivity index (χ1v) is 8.66. The first kappa shape index (κ1) is 24.0. The zero-order chi connectivity index (χ0) is 20.8. The normalized spacial score (nSPS) is 10.9. The quantitative estimate of drug-likeness (QED) is 0.222. The van der Waals surface area contributed by atoms with Crippen molar-refractivity contribution in [1.29, 1.82) is 0 Å².